The first-order valence-corrected chi connectivity index (χ1v) is 9.96. The van der Waals surface area contributed by atoms with Gasteiger partial charge in [0.1, 0.15) is 11.5 Å². The SMILES string of the molecule is O=C(COc1ccccc1)Nc1cc(C(F)(F)F)cc(NC(=O)COc2ccccc2)c1Cl. The second-order valence-electron chi connectivity index (χ2n) is 6.68. The van der Waals surface area contributed by atoms with Crippen molar-refractivity contribution in [1.29, 1.82) is 0 Å². The highest BCUT2D eigenvalue weighted by Gasteiger charge is 2.32. The second-order valence-corrected chi connectivity index (χ2v) is 7.06. The number of ether oxygens (including phenoxy) is 2. The van der Waals surface area contributed by atoms with E-state index in [2.05, 4.69) is 10.6 Å². The fourth-order valence-corrected chi connectivity index (χ4v) is 2.88. The topological polar surface area (TPSA) is 76.7 Å². The molecule has 0 aromatic heterocycles. The van der Waals surface area contributed by atoms with Crippen molar-refractivity contribution in [1.82, 2.24) is 0 Å². The van der Waals surface area contributed by atoms with E-state index in [9.17, 15) is 22.8 Å². The Bertz CT molecular complexity index is 1030. The number of hydrogen-bond acceptors (Lipinski definition) is 4. The van der Waals surface area contributed by atoms with Crippen molar-refractivity contribution in [3.8, 4) is 11.5 Å². The second kappa shape index (κ2) is 10.7. The summed E-state index contributed by atoms with van der Waals surface area (Å²) in [4.78, 5) is 24.4. The molecule has 0 aliphatic rings. The monoisotopic (exact) mass is 478 g/mol. The molecule has 0 unspecified atom stereocenters. The number of hydrogen-bond donors (Lipinski definition) is 2. The van der Waals surface area contributed by atoms with Gasteiger partial charge < -0.3 is 20.1 Å². The highest BCUT2D eigenvalue weighted by molar-refractivity contribution is 6.37. The summed E-state index contributed by atoms with van der Waals surface area (Å²) in [6.07, 6.45) is -4.75. The van der Waals surface area contributed by atoms with E-state index in [1.165, 1.54) is 0 Å². The first-order chi connectivity index (χ1) is 15.7. The fraction of sp³-hybridized carbons (Fsp3) is 0.130. The van der Waals surface area contributed by atoms with Gasteiger partial charge in [-0.1, -0.05) is 48.0 Å². The summed E-state index contributed by atoms with van der Waals surface area (Å²) in [5.41, 5.74) is -1.76. The molecule has 0 radical (unpaired) electrons. The average Bonchev–Trinajstić information content (AvgIpc) is 2.79. The summed E-state index contributed by atoms with van der Waals surface area (Å²) in [6.45, 7) is -0.910. The molecule has 0 saturated carbocycles. The molecule has 2 N–H and O–H groups in total. The van der Waals surface area contributed by atoms with Gasteiger partial charge in [0.2, 0.25) is 0 Å². The lowest BCUT2D eigenvalue weighted by molar-refractivity contribution is -0.137. The summed E-state index contributed by atoms with van der Waals surface area (Å²) in [6, 6.07) is 18.2. The van der Waals surface area contributed by atoms with Gasteiger partial charge in [-0.15, -0.1) is 0 Å². The third kappa shape index (κ3) is 7.15. The van der Waals surface area contributed by atoms with Gasteiger partial charge in [-0.05, 0) is 36.4 Å². The standard InChI is InChI=1S/C23H18ClF3N2O4/c24-22-18(28-20(30)13-32-16-7-3-1-4-8-16)11-15(23(25,26)27)12-19(22)29-21(31)14-33-17-9-5-2-6-10-17/h1-12H,13-14H2,(H,28,30)(H,29,31). The molecule has 6 nitrogen and oxygen atoms in total. The Morgan fingerprint density at radius 3 is 1.52 bits per heavy atom. The lowest BCUT2D eigenvalue weighted by Crippen LogP contribution is -2.23. The highest BCUT2D eigenvalue weighted by atomic mass is 35.5. The number of rotatable bonds is 8. The van der Waals surface area contributed by atoms with Crippen LogP contribution in [0.5, 0.6) is 11.5 Å². The molecule has 0 spiro atoms. The van der Waals surface area contributed by atoms with Crippen LogP contribution in [0, 0.1) is 0 Å². The van der Waals surface area contributed by atoms with E-state index in [4.69, 9.17) is 21.1 Å². The summed E-state index contributed by atoms with van der Waals surface area (Å²) in [7, 11) is 0. The van der Waals surface area contributed by atoms with Crippen molar-refractivity contribution in [2.75, 3.05) is 23.8 Å². The van der Waals surface area contributed by atoms with Gasteiger partial charge in [0, 0.05) is 0 Å². The van der Waals surface area contributed by atoms with Gasteiger partial charge in [-0.25, -0.2) is 0 Å². The Labute approximate surface area is 192 Å². The lowest BCUT2D eigenvalue weighted by Gasteiger charge is -2.16. The van der Waals surface area contributed by atoms with E-state index in [1.807, 2.05) is 0 Å². The maximum Gasteiger partial charge on any atom is 0.416 e. The number of halogens is 4. The van der Waals surface area contributed by atoms with Gasteiger partial charge in [-0.3, -0.25) is 9.59 Å². The molecule has 2 amide bonds. The van der Waals surface area contributed by atoms with Crippen molar-refractivity contribution in [2.24, 2.45) is 0 Å². The van der Waals surface area contributed by atoms with E-state index < -0.39 is 36.8 Å². The fourth-order valence-electron chi connectivity index (χ4n) is 2.67. The third-order valence-electron chi connectivity index (χ3n) is 4.17. The predicted molar refractivity (Wildman–Crippen MR) is 118 cm³/mol. The van der Waals surface area contributed by atoms with Gasteiger partial charge >= 0.3 is 6.18 Å². The summed E-state index contributed by atoms with van der Waals surface area (Å²) in [5, 5.41) is 4.30. The van der Waals surface area contributed by atoms with E-state index in [0.29, 0.717) is 23.6 Å². The Morgan fingerprint density at radius 1 is 0.758 bits per heavy atom. The molecule has 33 heavy (non-hydrogen) atoms. The van der Waals surface area contributed by atoms with E-state index in [1.54, 1.807) is 60.7 Å². The third-order valence-corrected chi connectivity index (χ3v) is 4.58. The Morgan fingerprint density at radius 2 is 1.15 bits per heavy atom. The first kappa shape index (κ1) is 23.9. The summed E-state index contributed by atoms with van der Waals surface area (Å²) in [5.74, 6) is -0.641. The van der Waals surface area contributed by atoms with E-state index >= 15 is 0 Å². The molecule has 0 fully saturated rings. The molecule has 3 aromatic rings. The van der Waals surface area contributed by atoms with Crippen molar-refractivity contribution in [3.63, 3.8) is 0 Å². The first-order valence-electron chi connectivity index (χ1n) is 9.58. The molecule has 0 aliphatic carbocycles. The van der Waals surface area contributed by atoms with Crippen LogP contribution < -0.4 is 20.1 Å². The van der Waals surface area contributed by atoms with Gasteiger partial charge in [-0.2, -0.15) is 13.2 Å². The van der Waals surface area contributed by atoms with Crippen LogP contribution in [0.3, 0.4) is 0 Å². The number of amides is 2. The molecule has 0 atom stereocenters. The normalized spacial score (nSPS) is 10.9. The minimum absolute atomic E-state index is 0.274. The number of anilines is 2. The Kier molecular flexibility index (Phi) is 7.78. The van der Waals surface area contributed by atoms with Crippen LogP contribution in [0.15, 0.2) is 72.8 Å². The van der Waals surface area contributed by atoms with Crippen LogP contribution in [-0.2, 0) is 15.8 Å². The van der Waals surface area contributed by atoms with Crippen LogP contribution >= 0.6 is 11.6 Å². The lowest BCUT2D eigenvalue weighted by atomic mass is 10.1. The van der Waals surface area contributed by atoms with Crippen molar-refractivity contribution in [3.05, 3.63) is 83.4 Å². The molecule has 0 heterocycles. The van der Waals surface area contributed by atoms with Crippen LogP contribution in [0.4, 0.5) is 24.5 Å². The van der Waals surface area contributed by atoms with Gasteiger partial charge in [0.15, 0.2) is 13.2 Å². The van der Waals surface area contributed by atoms with Crippen molar-refractivity contribution >= 4 is 34.8 Å². The highest BCUT2D eigenvalue weighted by Crippen LogP contribution is 2.38. The average molecular weight is 479 g/mol. The summed E-state index contributed by atoms with van der Waals surface area (Å²) < 4.78 is 50.7. The molecular weight excluding hydrogens is 461 g/mol. The number of benzene rings is 3. The quantitative estimate of drug-likeness (QED) is 0.455. The zero-order chi connectivity index (χ0) is 23.8. The number of carbonyl (C=O) groups is 2. The largest absolute Gasteiger partial charge is 0.484 e. The van der Waals surface area contributed by atoms with E-state index in [-0.39, 0.29) is 16.4 Å². The molecule has 0 saturated heterocycles. The zero-order valence-electron chi connectivity index (χ0n) is 17.0. The molecule has 0 bridgehead atoms. The molecule has 172 valence electrons. The number of alkyl halides is 3. The van der Waals surface area contributed by atoms with Crippen molar-refractivity contribution < 1.29 is 32.2 Å². The zero-order valence-corrected chi connectivity index (χ0v) is 17.7. The molecule has 10 heteroatoms. The van der Waals surface area contributed by atoms with Crippen LogP contribution in [-0.4, -0.2) is 25.0 Å². The number of nitrogens with one attached hydrogen (secondary N) is 2. The van der Waals surface area contributed by atoms with E-state index in [0.717, 1.165) is 0 Å². The molecular formula is C23H18ClF3N2O4. The number of para-hydroxylation sites is 2. The smallest absolute Gasteiger partial charge is 0.416 e. The van der Waals surface area contributed by atoms with Crippen LogP contribution in [0.1, 0.15) is 5.56 Å². The molecule has 3 rings (SSSR count). The maximum absolute atomic E-state index is 13.4. The molecule has 0 aliphatic heterocycles. The number of carbonyl (C=O) groups excluding carboxylic acids is 2. The Balaban J connectivity index is 1.72. The van der Waals surface area contributed by atoms with Crippen LogP contribution in [0.25, 0.3) is 0 Å². The van der Waals surface area contributed by atoms with Crippen molar-refractivity contribution in [2.45, 2.75) is 6.18 Å². The minimum atomic E-state index is -4.75. The minimum Gasteiger partial charge on any atom is -0.484 e. The predicted octanol–water partition coefficient (Wildman–Crippen LogP) is 5.39. The van der Waals surface area contributed by atoms with Gasteiger partial charge in [0.05, 0.1) is 22.0 Å². The van der Waals surface area contributed by atoms with Crippen LogP contribution in [0.2, 0.25) is 5.02 Å². The summed E-state index contributed by atoms with van der Waals surface area (Å²) >= 11 is 6.17. The maximum atomic E-state index is 13.4. The van der Waals surface area contributed by atoms with Gasteiger partial charge in [0.25, 0.3) is 11.8 Å². The molecule has 3 aromatic carbocycles. The Hall–Kier alpha value is -3.72.